The summed E-state index contributed by atoms with van der Waals surface area (Å²) in [6.45, 7) is 4.83. The van der Waals surface area contributed by atoms with Crippen LogP contribution in [0, 0.1) is 11.3 Å². The Morgan fingerprint density at radius 1 is 1.35 bits per heavy atom. The number of carbonyl (C=O) groups excluding carboxylic acids is 1. The highest BCUT2D eigenvalue weighted by Crippen LogP contribution is 2.47. The number of aromatic nitrogens is 1. The standard InChI is InChI=1S/C20H26N2O4/c1-20(2)14(9-15-11-17(12-24-3)26-22-15)10-18(20)21-19(23)13-25-16-7-5-4-6-8-16/h4-8,11,14,18H,9-10,12-13H2,1-3H3,(H,21,23). The topological polar surface area (TPSA) is 73.6 Å². The van der Waals surface area contributed by atoms with Gasteiger partial charge in [-0.2, -0.15) is 0 Å². The molecule has 140 valence electrons. The van der Waals surface area contributed by atoms with Crippen molar-refractivity contribution in [3.05, 3.63) is 47.9 Å². The van der Waals surface area contributed by atoms with Gasteiger partial charge in [0.25, 0.3) is 5.91 Å². The summed E-state index contributed by atoms with van der Waals surface area (Å²) >= 11 is 0. The van der Waals surface area contributed by atoms with Crippen LogP contribution in [0.5, 0.6) is 5.75 Å². The van der Waals surface area contributed by atoms with Crippen LogP contribution < -0.4 is 10.1 Å². The van der Waals surface area contributed by atoms with Crippen LogP contribution in [-0.2, 0) is 22.6 Å². The highest BCUT2D eigenvalue weighted by molar-refractivity contribution is 5.78. The SMILES string of the molecule is COCc1cc(CC2CC(NC(=O)COc3ccccc3)C2(C)C)no1. The molecule has 1 amide bonds. The quantitative estimate of drug-likeness (QED) is 0.785. The van der Waals surface area contributed by atoms with E-state index < -0.39 is 0 Å². The Bertz CT molecular complexity index is 726. The number of nitrogens with zero attached hydrogens (tertiary/aromatic N) is 1. The van der Waals surface area contributed by atoms with Crippen molar-refractivity contribution in [2.24, 2.45) is 11.3 Å². The first-order chi connectivity index (χ1) is 12.5. The lowest BCUT2D eigenvalue weighted by Crippen LogP contribution is -2.59. The van der Waals surface area contributed by atoms with Gasteiger partial charge in [0.15, 0.2) is 12.4 Å². The summed E-state index contributed by atoms with van der Waals surface area (Å²) in [4.78, 5) is 12.2. The lowest BCUT2D eigenvalue weighted by molar-refractivity contribution is -0.127. The van der Waals surface area contributed by atoms with Gasteiger partial charge in [-0.15, -0.1) is 0 Å². The van der Waals surface area contributed by atoms with Crippen molar-refractivity contribution in [1.82, 2.24) is 10.5 Å². The molecule has 0 bridgehead atoms. The molecule has 1 heterocycles. The average Bonchev–Trinajstić information content (AvgIpc) is 3.07. The van der Waals surface area contributed by atoms with Crippen LogP contribution in [0.3, 0.4) is 0 Å². The van der Waals surface area contributed by atoms with Gasteiger partial charge in [0.1, 0.15) is 12.4 Å². The minimum atomic E-state index is -0.0887. The summed E-state index contributed by atoms with van der Waals surface area (Å²) in [5, 5.41) is 7.20. The highest BCUT2D eigenvalue weighted by Gasteiger charge is 2.48. The molecular formula is C20H26N2O4. The smallest absolute Gasteiger partial charge is 0.258 e. The number of carbonyl (C=O) groups is 1. The Morgan fingerprint density at radius 2 is 2.12 bits per heavy atom. The highest BCUT2D eigenvalue weighted by atomic mass is 16.5. The molecule has 0 radical (unpaired) electrons. The molecule has 1 aliphatic carbocycles. The first-order valence-corrected chi connectivity index (χ1v) is 8.89. The second-order valence-electron chi connectivity index (χ2n) is 7.40. The number of hydrogen-bond acceptors (Lipinski definition) is 5. The largest absolute Gasteiger partial charge is 0.484 e. The van der Waals surface area contributed by atoms with Crippen molar-refractivity contribution in [3.8, 4) is 5.75 Å². The van der Waals surface area contributed by atoms with Crippen molar-refractivity contribution >= 4 is 5.91 Å². The van der Waals surface area contributed by atoms with Gasteiger partial charge in [-0.3, -0.25) is 4.79 Å². The van der Waals surface area contributed by atoms with Crippen molar-refractivity contribution in [2.45, 2.75) is 39.3 Å². The maximum Gasteiger partial charge on any atom is 0.258 e. The Labute approximate surface area is 153 Å². The van der Waals surface area contributed by atoms with E-state index in [-0.39, 0.29) is 24.0 Å². The van der Waals surface area contributed by atoms with Crippen LogP contribution in [-0.4, -0.2) is 30.8 Å². The molecule has 2 atom stereocenters. The van der Waals surface area contributed by atoms with Gasteiger partial charge in [-0.1, -0.05) is 37.2 Å². The minimum Gasteiger partial charge on any atom is -0.484 e. The predicted octanol–water partition coefficient (Wildman–Crippen LogP) is 2.97. The van der Waals surface area contributed by atoms with E-state index >= 15 is 0 Å². The first kappa shape index (κ1) is 18.5. The maximum atomic E-state index is 12.2. The van der Waals surface area contributed by atoms with Crippen molar-refractivity contribution in [3.63, 3.8) is 0 Å². The van der Waals surface area contributed by atoms with Gasteiger partial charge in [0, 0.05) is 19.2 Å². The molecule has 2 unspecified atom stereocenters. The van der Waals surface area contributed by atoms with Crippen LogP contribution in [0.15, 0.2) is 40.9 Å². The number of amides is 1. The zero-order valence-electron chi connectivity index (χ0n) is 15.5. The third-order valence-electron chi connectivity index (χ3n) is 5.27. The number of ether oxygens (including phenoxy) is 2. The predicted molar refractivity (Wildman–Crippen MR) is 96.7 cm³/mol. The molecule has 1 aromatic carbocycles. The summed E-state index contributed by atoms with van der Waals surface area (Å²) in [6.07, 6.45) is 1.77. The Morgan fingerprint density at radius 3 is 2.81 bits per heavy atom. The Balaban J connectivity index is 1.46. The summed E-state index contributed by atoms with van der Waals surface area (Å²) in [6, 6.07) is 11.4. The summed E-state index contributed by atoms with van der Waals surface area (Å²) in [5.74, 6) is 1.80. The Hall–Kier alpha value is -2.34. The lowest BCUT2D eigenvalue weighted by Gasteiger charge is -2.52. The fraction of sp³-hybridized carbons (Fsp3) is 0.500. The second kappa shape index (κ2) is 7.91. The summed E-state index contributed by atoms with van der Waals surface area (Å²) in [7, 11) is 1.63. The van der Waals surface area contributed by atoms with Crippen LogP contribution in [0.25, 0.3) is 0 Å². The zero-order valence-corrected chi connectivity index (χ0v) is 15.5. The maximum absolute atomic E-state index is 12.2. The molecule has 0 saturated heterocycles. The molecule has 1 aliphatic rings. The van der Waals surface area contributed by atoms with Crippen molar-refractivity contribution in [2.75, 3.05) is 13.7 Å². The van der Waals surface area contributed by atoms with Crippen LogP contribution in [0.4, 0.5) is 0 Å². The van der Waals surface area contributed by atoms with Gasteiger partial charge in [0.05, 0.1) is 5.69 Å². The second-order valence-corrected chi connectivity index (χ2v) is 7.40. The van der Waals surface area contributed by atoms with E-state index in [0.717, 1.165) is 24.3 Å². The average molecular weight is 358 g/mol. The Kier molecular flexibility index (Phi) is 5.61. The lowest BCUT2D eigenvalue weighted by atomic mass is 9.57. The third kappa shape index (κ3) is 4.25. The van der Waals surface area contributed by atoms with Gasteiger partial charge in [-0.05, 0) is 36.3 Å². The minimum absolute atomic E-state index is 0.00275. The summed E-state index contributed by atoms with van der Waals surface area (Å²) in [5.41, 5.74) is 0.940. The van der Waals surface area contributed by atoms with Gasteiger partial charge in [0.2, 0.25) is 0 Å². The molecule has 2 aromatic rings. The van der Waals surface area contributed by atoms with E-state index in [1.807, 2.05) is 36.4 Å². The molecule has 0 spiro atoms. The molecule has 3 rings (SSSR count). The normalized spacial score (nSPS) is 21.0. The zero-order chi connectivity index (χ0) is 18.6. The molecule has 1 fully saturated rings. The molecule has 6 nitrogen and oxygen atoms in total. The van der Waals surface area contributed by atoms with Crippen LogP contribution in [0.2, 0.25) is 0 Å². The number of methoxy groups -OCH3 is 1. The monoisotopic (exact) mass is 358 g/mol. The van der Waals surface area contributed by atoms with E-state index in [9.17, 15) is 4.79 Å². The first-order valence-electron chi connectivity index (χ1n) is 8.89. The van der Waals surface area contributed by atoms with Crippen LogP contribution in [0.1, 0.15) is 31.7 Å². The number of para-hydroxylation sites is 1. The molecule has 0 aliphatic heterocycles. The van der Waals surface area contributed by atoms with E-state index in [2.05, 4.69) is 24.3 Å². The summed E-state index contributed by atoms with van der Waals surface area (Å²) < 4.78 is 15.8. The fourth-order valence-electron chi connectivity index (χ4n) is 3.42. The molecular weight excluding hydrogens is 332 g/mol. The third-order valence-corrected chi connectivity index (χ3v) is 5.27. The van der Waals surface area contributed by atoms with E-state index in [1.165, 1.54) is 0 Å². The van der Waals surface area contributed by atoms with Crippen LogP contribution >= 0.6 is 0 Å². The number of rotatable bonds is 8. The van der Waals surface area contributed by atoms with Gasteiger partial charge in [-0.25, -0.2) is 0 Å². The van der Waals surface area contributed by atoms with E-state index in [1.54, 1.807) is 7.11 Å². The van der Waals surface area contributed by atoms with Crippen molar-refractivity contribution < 1.29 is 18.8 Å². The number of hydrogen-bond donors (Lipinski definition) is 1. The fourth-order valence-corrected chi connectivity index (χ4v) is 3.42. The number of nitrogens with one attached hydrogen (secondary N) is 1. The van der Waals surface area contributed by atoms with Crippen molar-refractivity contribution in [1.29, 1.82) is 0 Å². The number of benzene rings is 1. The molecule has 1 aromatic heterocycles. The van der Waals surface area contributed by atoms with E-state index in [0.29, 0.717) is 18.3 Å². The molecule has 6 heteroatoms. The van der Waals surface area contributed by atoms with Gasteiger partial charge >= 0.3 is 0 Å². The molecule has 26 heavy (non-hydrogen) atoms. The van der Waals surface area contributed by atoms with Gasteiger partial charge < -0.3 is 19.3 Å². The molecule has 1 N–H and O–H groups in total. The van der Waals surface area contributed by atoms with E-state index in [4.69, 9.17) is 14.0 Å². The molecule has 1 saturated carbocycles.